The molecular weight excluding hydrogens is 189 g/mol. The first-order chi connectivity index (χ1) is 5.75. The van der Waals surface area contributed by atoms with Crippen LogP contribution in [-0.2, 0) is 4.57 Å². The van der Waals surface area contributed by atoms with Crippen molar-refractivity contribution in [3.8, 4) is 0 Å². The van der Waals surface area contributed by atoms with Crippen LogP contribution >= 0.6 is 7.60 Å². The van der Waals surface area contributed by atoms with Crippen molar-refractivity contribution in [2.24, 2.45) is 17.6 Å². The summed E-state index contributed by atoms with van der Waals surface area (Å²) in [4.78, 5) is 18.2. The summed E-state index contributed by atoms with van der Waals surface area (Å²) in [6.45, 7) is 3.56. The van der Waals surface area contributed by atoms with Gasteiger partial charge in [0.25, 0.3) is 0 Å². The molecule has 4 nitrogen and oxygen atoms in total. The van der Waals surface area contributed by atoms with E-state index in [0.717, 1.165) is 19.3 Å². The first kappa shape index (κ1) is 11.2. The second kappa shape index (κ2) is 3.35. The summed E-state index contributed by atoms with van der Waals surface area (Å²) in [5, 5.41) is -1.34. The maximum atomic E-state index is 11.1. The van der Waals surface area contributed by atoms with E-state index in [2.05, 4.69) is 6.92 Å². The zero-order chi connectivity index (χ0) is 10.3. The molecule has 1 fully saturated rings. The minimum atomic E-state index is -4.17. The van der Waals surface area contributed by atoms with Crippen LogP contribution in [0.4, 0.5) is 0 Å². The quantitative estimate of drug-likeness (QED) is 0.595. The van der Waals surface area contributed by atoms with Gasteiger partial charge in [0.1, 0.15) is 5.28 Å². The summed E-state index contributed by atoms with van der Waals surface area (Å²) in [5.74, 6) is 0.503. The van der Waals surface area contributed by atoms with E-state index >= 15 is 0 Å². The maximum absolute atomic E-state index is 11.1. The third kappa shape index (κ3) is 2.13. The largest absolute Gasteiger partial charge is 0.345 e. The Morgan fingerprint density at radius 2 is 2.00 bits per heavy atom. The summed E-state index contributed by atoms with van der Waals surface area (Å²) in [7, 11) is -4.17. The summed E-state index contributed by atoms with van der Waals surface area (Å²) in [6, 6.07) is 0. The van der Waals surface area contributed by atoms with Gasteiger partial charge in [0, 0.05) is 0 Å². The molecule has 3 atom stereocenters. The van der Waals surface area contributed by atoms with Crippen molar-refractivity contribution in [2.75, 3.05) is 0 Å². The zero-order valence-electron chi connectivity index (χ0n) is 8.10. The Hall–Kier alpha value is 0.110. The summed E-state index contributed by atoms with van der Waals surface area (Å²) < 4.78 is 11.1. The molecule has 0 amide bonds. The monoisotopic (exact) mass is 207 g/mol. The van der Waals surface area contributed by atoms with E-state index in [-0.39, 0.29) is 5.92 Å². The fraction of sp³-hybridized carbons (Fsp3) is 1.00. The molecule has 0 radical (unpaired) electrons. The number of nitrogens with two attached hydrogens (primary N) is 1. The number of hydrogen-bond acceptors (Lipinski definition) is 2. The van der Waals surface area contributed by atoms with Crippen LogP contribution in [0.3, 0.4) is 0 Å². The standard InChI is InChI=1S/C8H18NO3P/c1-6-3-4-7(5-6)8(2,9)13(10,11)12/h6-7H,3-5,9H2,1-2H3,(H2,10,11,12). The molecule has 0 heterocycles. The van der Waals surface area contributed by atoms with Gasteiger partial charge in [0.15, 0.2) is 0 Å². The highest BCUT2D eigenvalue weighted by molar-refractivity contribution is 7.53. The van der Waals surface area contributed by atoms with Crippen molar-refractivity contribution in [2.45, 2.75) is 38.4 Å². The average molecular weight is 207 g/mol. The molecule has 0 bridgehead atoms. The Labute approximate surface area is 78.7 Å². The van der Waals surface area contributed by atoms with E-state index < -0.39 is 12.9 Å². The van der Waals surface area contributed by atoms with Gasteiger partial charge >= 0.3 is 7.60 Å². The van der Waals surface area contributed by atoms with E-state index in [4.69, 9.17) is 15.5 Å². The summed E-state index contributed by atoms with van der Waals surface area (Å²) in [5.41, 5.74) is 5.70. The van der Waals surface area contributed by atoms with E-state index in [1.54, 1.807) is 0 Å². The summed E-state index contributed by atoms with van der Waals surface area (Å²) in [6.07, 6.45) is 2.69. The van der Waals surface area contributed by atoms with E-state index in [1.807, 2.05) is 0 Å². The van der Waals surface area contributed by atoms with Crippen LogP contribution in [0.15, 0.2) is 0 Å². The van der Waals surface area contributed by atoms with Gasteiger partial charge in [0.2, 0.25) is 0 Å². The predicted molar refractivity (Wildman–Crippen MR) is 51.1 cm³/mol. The third-order valence-corrected chi connectivity index (χ3v) is 4.77. The van der Waals surface area contributed by atoms with Crippen molar-refractivity contribution in [1.29, 1.82) is 0 Å². The second-order valence-corrected chi connectivity index (χ2v) is 6.44. The van der Waals surface area contributed by atoms with Crippen molar-refractivity contribution < 1.29 is 14.4 Å². The molecule has 0 aromatic heterocycles. The minimum absolute atomic E-state index is 0.0386. The first-order valence-corrected chi connectivity index (χ1v) is 6.21. The molecular formula is C8H18NO3P. The van der Waals surface area contributed by atoms with Crippen molar-refractivity contribution >= 4 is 7.60 Å². The smallest absolute Gasteiger partial charge is 0.323 e. The number of rotatable bonds is 2. The lowest BCUT2D eigenvalue weighted by atomic mass is 9.98. The van der Waals surface area contributed by atoms with Crippen molar-refractivity contribution in [3.63, 3.8) is 0 Å². The van der Waals surface area contributed by atoms with Gasteiger partial charge in [-0.3, -0.25) is 4.57 Å². The predicted octanol–water partition coefficient (Wildman–Crippen LogP) is 1.28. The molecule has 0 aromatic carbocycles. The lowest BCUT2D eigenvalue weighted by Crippen LogP contribution is -2.42. The van der Waals surface area contributed by atoms with Gasteiger partial charge in [-0.2, -0.15) is 0 Å². The highest BCUT2D eigenvalue weighted by atomic mass is 31.2. The summed E-state index contributed by atoms with van der Waals surface area (Å²) >= 11 is 0. The van der Waals surface area contributed by atoms with Crippen LogP contribution in [0.5, 0.6) is 0 Å². The van der Waals surface area contributed by atoms with Crippen LogP contribution in [0.25, 0.3) is 0 Å². The molecule has 13 heavy (non-hydrogen) atoms. The highest BCUT2D eigenvalue weighted by Gasteiger charge is 2.47. The van der Waals surface area contributed by atoms with Gasteiger partial charge in [0.05, 0.1) is 0 Å². The van der Waals surface area contributed by atoms with Crippen LogP contribution in [0, 0.1) is 11.8 Å². The van der Waals surface area contributed by atoms with Crippen LogP contribution < -0.4 is 5.73 Å². The minimum Gasteiger partial charge on any atom is -0.323 e. The molecule has 1 saturated carbocycles. The SMILES string of the molecule is CC1CCC(C(C)(N)P(=O)(O)O)C1. The van der Waals surface area contributed by atoms with Crippen molar-refractivity contribution in [3.05, 3.63) is 0 Å². The van der Waals surface area contributed by atoms with Gasteiger partial charge in [-0.25, -0.2) is 0 Å². The molecule has 0 spiro atoms. The van der Waals surface area contributed by atoms with E-state index in [0.29, 0.717) is 5.92 Å². The molecule has 4 N–H and O–H groups in total. The van der Waals surface area contributed by atoms with Crippen LogP contribution in [0.1, 0.15) is 33.1 Å². The Bertz CT molecular complexity index is 236. The van der Waals surface area contributed by atoms with Gasteiger partial charge < -0.3 is 15.5 Å². The van der Waals surface area contributed by atoms with Crippen LogP contribution in [0.2, 0.25) is 0 Å². The number of hydrogen-bond donors (Lipinski definition) is 3. The van der Waals surface area contributed by atoms with Gasteiger partial charge in [-0.1, -0.05) is 13.3 Å². The Morgan fingerprint density at radius 3 is 2.31 bits per heavy atom. The normalized spacial score (nSPS) is 34.5. The van der Waals surface area contributed by atoms with Crippen LogP contribution in [-0.4, -0.2) is 15.1 Å². The molecule has 1 aliphatic rings. The van der Waals surface area contributed by atoms with Gasteiger partial charge in [-0.15, -0.1) is 0 Å². The fourth-order valence-corrected chi connectivity index (χ4v) is 2.69. The molecule has 1 aliphatic carbocycles. The van der Waals surface area contributed by atoms with E-state index in [9.17, 15) is 4.57 Å². The van der Waals surface area contributed by atoms with Crippen molar-refractivity contribution in [1.82, 2.24) is 0 Å². The Kier molecular flexibility index (Phi) is 2.89. The molecule has 1 rings (SSSR count). The molecule has 0 aliphatic heterocycles. The third-order valence-electron chi connectivity index (χ3n) is 3.15. The first-order valence-electron chi connectivity index (χ1n) is 4.59. The average Bonchev–Trinajstić information content (AvgIpc) is 2.33. The molecule has 78 valence electrons. The molecule has 0 aromatic rings. The maximum Gasteiger partial charge on any atom is 0.345 e. The lowest BCUT2D eigenvalue weighted by molar-refractivity contribution is 0.281. The molecule has 3 unspecified atom stereocenters. The Balaban J connectivity index is 2.76. The fourth-order valence-electron chi connectivity index (χ4n) is 1.98. The molecule has 0 saturated heterocycles. The lowest BCUT2D eigenvalue weighted by Gasteiger charge is -2.31. The van der Waals surface area contributed by atoms with Gasteiger partial charge in [-0.05, 0) is 31.6 Å². The van der Waals surface area contributed by atoms with E-state index in [1.165, 1.54) is 6.92 Å². The zero-order valence-corrected chi connectivity index (χ0v) is 9.00. The highest BCUT2D eigenvalue weighted by Crippen LogP contribution is 2.55. The topological polar surface area (TPSA) is 83.6 Å². The molecule has 5 heteroatoms. The Morgan fingerprint density at radius 1 is 1.46 bits per heavy atom. The second-order valence-electron chi connectivity index (χ2n) is 4.38.